The molecule has 0 aliphatic carbocycles. The Morgan fingerprint density at radius 2 is 0.874 bits per heavy atom. The average Bonchev–Trinajstić information content (AvgIpc) is 3.23. The van der Waals surface area contributed by atoms with Crippen LogP contribution in [0.3, 0.4) is 0 Å². The summed E-state index contributed by atoms with van der Waals surface area (Å²) in [5.41, 5.74) is 45.4. The molecule has 9 aliphatic heterocycles. The third-order valence-corrected chi connectivity index (χ3v) is 18.7. The maximum absolute atomic E-state index is 12.3. The fourth-order valence-corrected chi connectivity index (χ4v) is 14.0. The van der Waals surface area contributed by atoms with Crippen molar-refractivity contribution in [3.05, 3.63) is 89.8 Å². The van der Waals surface area contributed by atoms with Crippen molar-refractivity contribution in [2.75, 3.05) is 178 Å². The molecule has 0 saturated carbocycles. The second-order valence-corrected chi connectivity index (χ2v) is 24.9. The zero-order chi connectivity index (χ0) is 61.5. The van der Waals surface area contributed by atoms with Crippen LogP contribution in [0.25, 0.3) is 0 Å². The highest BCUT2D eigenvalue weighted by Crippen LogP contribution is 2.41. The van der Waals surface area contributed by atoms with E-state index in [1.165, 1.54) is 48.2 Å². The molecule has 2 unspecified atom stereocenters. The Labute approximate surface area is 512 Å². The summed E-state index contributed by atoms with van der Waals surface area (Å²) < 4.78 is 10.4. The first kappa shape index (κ1) is 61.9. The molecule has 14 rings (SSSR count). The second kappa shape index (κ2) is 27.3. The summed E-state index contributed by atoms with van der Waals surface area (Å²) in [6, 6.07) is 0.439. The highest BCUT2D eigenvalue weighted by Gasteiger charge is 2.43. The van der Waals surface area contributed by atoms with Gasteiger partial charge in [0.2, 0.25) is 11.8 Å². The number of ether oxygens (including phenoxy) is 2. The summed E-state index contributed by atoms with van der Waals surface area (Å²) in [6.07, 6.45) is 25.4. The number of carbonyl (C=O) groups excluding carboxylic acids is 3. The van der Waals surface area contributed by atoms with Crippen LogP contribution in [0.1, 0.15) is 72.8 Å². The van der Waals surface area contributed by atoms with Crippen molar-refractivity contribution < 1.29 is 23.9 Å². The van der Waals surface area contributed by atoms with Crippen molar-refractivity contribution in [3.63, 3.8) is 0 Å². The van der Waals surface area contributed by atoms with Crippen molar-refractivity contribution in [2.24, 2.45) is 5.41 Å². The van der Waals surface area contributed by atoms with Crippen molar-refractivity contribution in [3.8, 4) is 0 Å². The summed E-state index contributed by atoms with van der Waals surface area (Å²) in [7, 11) is 1.88. The Hall–Kier alpha value is -8.12. The first-order valence-corrected chi connectivity index (χ1v) is 30.9. The number of likely N-dealkylation sites (N-methyl/N-ethyl adjacent to an activating group) is 1. The van der Waals surface area contributed by atoms with E-state index in [0.29, 0.717) is 54.9 Å². The van der Waals surface area contributed by atoms with Gasteiger partial charge in [-0.05, 0) is 101 Å². The lowest BCUT2D eigenvalue weighted by atomic mass is 9.76. The van der Waals surface area contributed by atoms with Gasteiger partial charge in [-0.15, -0.1) is 0 Å². The standard InChI is InChI=1S/C14H21N5O.C14H20N4O.C13H19N3O.C12H16N4O2.C10H15N3/c1-10-7-16-8-11(15)13(10)19-6-5-18-4-3-17(2)14(20)12(18)9-19;1-10-7-16-8-12(15)14(10)17-5-6-18-11(9-17)3-2-4-13(18)19;1-10-6-15-7-11(14)12(10)16-4-2-13(3-5-16)8-17-9-13;1-8-4-14-5-10(13)11(8)15-2-3-16-9(6-15)7-18-12(16)17;1-8-6-12-7-9(11)10(8)13-4-2-3-5-13/h7-8,12H,3-6,9,15H2,1-2H3;7-8,11H,2-6,9,15H2,1H3;6-7H,2-5,8-9,14H2,1H3;4-5,9H,2-3,6-7,13H2,1H3;6-7H,2-5,11H2,1H3/t;;;9-;/m...1./s1. The van der Waals surface area contributed by atoms with Gasteiger partial charge >= 0.3 is 6.09 Å². The van der Waals surface area contributed by atoms with Gasteiger partial charge in [0, 0.05) is 154 Å². The number of rotatable bonds is 5. The Kier molecular flexibility index (Phi) is 19.4. The van der Waals surface area contributed by atoms with Crippen LogP contribution >= 0.6 is 0 Å². The van der Waals surface area contributed by atoms with Gasteiger partial charge in [-0.1, -0.05) is 0 Å². The number of cyclic esters (lactones) is 1. The average molecular weight is 1190 g/mol. The number of hydrogen-bond donors (Lipinski definition) is 5. The SMILES string of the molecule is Cc1cncc(N)c1N1CCC2(CC1)COC2.Cc1cncc(N)c1N1CCCC1.Cc1cncc(N)c1N1CCN2C(=O)CCCC2C1.Cc1cncc(N)c1N1CCN2C(=O)OC[C@H]2C1.Cc1cncc(N)c1N1CCN2CCN(C)C(=O)C2C1. The molecule has 0 bridgehead atoms. The first-order valence-electron chi connectivity index (χ1n) is 30.9. The minimum Gasteiger partial charge on any atom is -0.447 e. The molecule has 3 atom stereocenters. The molecule has 5 aromatic rings. The number of fused-ring (bicyclic) bond motifs is 3. The van der Waals surface area contributed by atoms with Gasteiger partial charge in [0.15, 0.2) is 0 Å². The Morgan fingerprint density at radius 3 is 1.33 bits per heavy atom. The molecular formula is C63H91N19O5. The summed E-state index contributed by atoms with van der Waals surface area (Å²) >= 11 is 0. The topological polar surface area (TPSA) is 293 Å². The number of anilines is 10. The van der Waals surface area contributed by atoms with Crippen molar-refractivity contribution in [2.45, 2.75) is 97.7 Å². The first-order chi connectivity index (χ1) is 41.9. The fraction of sp³-hybridized carbons (Fsp3) is 0.556. The second-order valence-electron chi connectivity index (χ2n) is 24.9. The number of carbonyl (C=O) groups is 3. The van der Waals surface area contributed by atoms with Crippen LogP contribution in [-0.2, 0) is 19.1 Å². The van der Waals surface area contributed by atoms with E-state index >= 15 is 0 Å². The van der Waals surface area contributed by atoms with E-state index in [1.54, 1.807) is 35.9 Å². The normalized spacial score (nSPS) is 22.2. The molecule has 1 spiro atoms. The van der Waals surface area contributed by atoms with Crippen LogP contribution in [0.4, 0.5) is 61.7 Å². The van der Waals surface area contributed by atoms with Crippen LogP contribution in [0.2, 0.25) is 0 Å². The molecule has 24 heteroatoms. The lowest BCUT2D eigenvalue weighted by molar-refractivity contribution is -0.140. The highest BCUT2D eigenvalue weighted by atomic mass is 16.6. The summed E-state index contributed by atoms with van der Waals surface area (Å²) in [5.74, 6) is 0.529. The van der Waals surface area contributed by atoms with Gasteiger partial charge < -0.3 is 72.4 Å². The number of aromatic nitrogens is 5. The number of piperidine rings is 2. The number of nitrogens with zero attached hydrogens (tertiary/aromatic N) is 14. The number of nitrogen functional groups attached to an aromatic ring is 5. The summed E-state index contributed by atoms with van der Waals surface area (Å²) in [5, 5.41) is 0. The highest BCUT2D eigenvalue weighted by molar-refractivity contribution is 5.84. The number of amides is 3. The van der Waals surface area contributed by atoms with Gasteiger partial charge in [0.1, 0.15) is 12.6 Å². The fourth-order valence-electron chi connectivity index (χ4n) is 14.0. The van der Waals surface area contributed by atoms with Gasteiger partial charge in [0.05, 0.1) is 107 Å². The minimum absolute atomic E-state index is 0.0468. The molecule has 0 aromatic carbocycles. The minimum atomic E-state index is -0.195. The van der Waals surface area contributed by atoms with E-state index in [1.807, 2.05) is 68.6 Å². The number of nitrogens with two attached hydrogens (primary N) is 5. The number of hydrogen-bond acceptors (Lipinski definition) is 21. The lowest BCUT2D eigenvalue weighted by Gasteiger charge is -2.48. The molecule has 24 nitrogen and oxygen atoms in total. The zero-order valence-corrected chi connectivity index (χ0v) is 51.9. The molecule has 10 N–H and O–H groups in total. The molecule has 5 aromatic heterocycles. The van der Waals surface area contributed by atoms with Gasteiger partial charge in [-0.3, -0.25) is 44.3 Å². The van der Waals surface area contributed by atoms with E-state index in [0.717, 1.165) is 162 Å². The van der Waals surface area contributed by atoms with Crippen LogP contribution in [0, 0.1) is 40.0 Å². The third-order valence-electron chi connectivity index (χ3n) is 18.7. The molecule has 3 amide bonds. The van der Waals surface area contributed by atoms with Crippen LogP contribution in [0.15, 0.2) is 62.0 Å². The monoisotopic (exact) mass is 1190 g/mol. The quantitative estimate of drug-likeness (QED) is 0.157. The van der Waals surface area contributed by atoms with E-state index < -0.39 is 0 Å². The van der Waals surface area contributed by atoms with E-state index in [4.69, 9.17) is 38.1 Å². The van der Waals surface area contributed by atoms with Crippen molar-refractivity contribution in [1.82, 2.24) is 44.5 Å². The smallest absolute Gasteiger partial charge is 0.410 e. The number of pyridine rings is 5. The zero-order valence-electron chi connectivity index (χ0n) is 51.9. The summed E-state index contributed by atoms with van der Waals surface area (Å²) in [6.45, 7) is 26.1. The van der Waals surface area contributed by atoms with Crippen molar-refractivity contribution in [1.29, 1.82) is 0 Å². The molecule has 14 heterocycles. The predicted molar refractivity (Wildman–Crippen MR) is 344 cm³/mol. The Morgan fingerprint density at radius 1 is 0.460 bits per heavy atom. The third kappa shape index (κ3) is 13.9. The molecule has 9 aliphatic rings. The number of aryl methyl sites for hydroxylation is 5. The maximum Gasteiger partial charge on any atom is 0.410 e. The molecule has 0 radical (unpaired) electrons. The van der Waals surface area contributed by atoms with Crippen LogP contribution < -0.4 is 53.2 Å². The van der Waals surface area contributed by atoms with Gasteiger partial charge in [0.25, 0.3) is 0 Å². The van der Waals surface area contributed by atoms with Crippen LogP contribution in [0.5, 0.6) is 0 Å². The Balaban J connectivity index is 0.000000121. The Bertz CT molecular complexity index is 3120. The molecule has 9 saturated heterocycles. The van der Waals surface area contributed by atoms with E-state index in [-0.39, 0.29) is 24.1 Å². The van der Waals surface area contributed by atoms with Crippen LogP contribution in [-0.4, -0.2) is 206 Å². The van der Waals surface area contributed by atoms with E-state index in [2.05, 4.69) is 68.2 Å². The maximum atomic E-state index is 12.3. The lowest BCUT2D eigenvalue weighted by Crippen LogP contribution is -2.64. The largest absolute Gasteiger partial charge is 0.447 e. The van der Waals surface area contributed by atoms with E-state index in [9.17, 15) is 14.4 Å². The molecular weight excluding hydrogens is 1100 g/mol. The van der Waals surface area contributed by atoms with Gasteiger partial charge in [-0.2, -0.15) is 0 Å². The number of piperazine rings is 4. The predicted octanol–water partition coefficient (Wildman–Crippen LogP) is 4.88. The van der Waals surface area contributed by atoms with Crippen molar-refractivity contribution >= 4 is 74.8 Å². The molecule has 9 fully saturated rings. The molecule has 87 heavy (non-hydrogen) atoms. The summed E-state index contributed by atoms with van der Waals surface area (Å²) in [4.78, 5) is 75.6. The van der Waals surface area contributed by atoms with Gasteiger partial charge in [-0.25, -0.2) is 4.79 Å². The molecule has 468 valence electrons.